The summed E-state index contributed by atoms with van der Waals surface area (Å²) < 4.78 is 1.07. The van der Waals surface area contributed by atoms with Gasteiger partial charge >= 0.3 is 0 Å². The normalized spacial score (nSPS) is 13.2. The van der Waals surface area contributed by atoms with Crippen molar-refractivity contribution in [3.05, 3.63) is 81.7 Å². The molecule has 4 rings (SSSR count). The first kappa shape index (κ1) is 16.0. The molecule has 1 aromatic heterocycles. The summed E-state index contributed by atoms with van der Waals surface area (Å²) in [5, 5.41) is 0. The molecular weight excluding hydrogens is 427 g/mol. The van der Waals surface area contributed by atoms with Crippen molar-refractivity contribution in [2.75, 3.05) is 4.90 Å². The Hall–Kier alpha value is -2.54. The number of pyridine rings is 1. The van der Waals surface area contributed by atoms with E-state index >= 15 is 0 Å². The number of nitrogens with zero attached hydrogens (tertiary/aromatic N) is 2. The summed E-state index contributed by atoms with van der Waals surface area (Å²) in [7, 11) is 0. The van der Waals surface area contributed by atoms with Crippen molar-refractivity contribution in [3.63, 3.8) is 0 Å². The van der Waals surface area contributed by atoms with Gasteiger partial charge in [0.15, 0.2) is 0 Å². The smallest absolute Gasteiger partial charge is 0.299 e. The molecule has 0 saturated carbocycles. The molecule has 5 heteroatoms. The fourth-order valence-corrected chi connectivity index (χ4v) is 3.53. The molecule has 1 aliphatic heterocycles. The summed E-state index contributed by atoms with van der Waals surface area (Å²) in [5.74, 6) is -0.926. The molecule has 0 aliphatic carbocycles. The van der Waals surface area contributed by atoms with E-state index in [2.05, 4.69) is 27.6 Å². The number of anilines is 1. The van der Waals surface area contributed by atoms with Gasteiger partial charge in [0.2, 0.25) is 0 Å². The Morgan fingerprint density at radius 3 is 2.56 bits per heavy atom. The van der Waals surface area contributed by atoms with Crippen molar-refractivity contribution in [2.24, 2.45) is 0 Å². The molecule has 1 aliphatic rings. The number of Topliss-reactive ketones (excluding diaryl/α,β-unsaturated/α-hetero) is 1. The zero-order valence-corrected chi connectivity index (χ0v) is 15.3. The maximum Gasteiger partial charge on any atom is 0.299 e. The zero-order valence-electron chi connectivity index (χ0n) is 13.1. The molecule has 2 heterocycles. The fraction of sp³-hybridized carbons (Fsp3) is 0.0500. The summed E-state index contributed by atoms with van der Waals surface area (Å²) >= 11 is 2.24. The van der Waals surface area contributed by atoms with Crippen molar-refractivity contribution < 1.29 is 9.59 Å². The highest BCUT2D eigenvalue weighted by molar-refractivity contribution is 14.1. The van der Waals surface area contributed by atoms with Gasteiger partial charge in [-0.2, -0.15) is 0 Å². The van der Waals surface area contributed by atoms with Gasteiger partial charge in [0.05, 0.1) is 17.8 Å². The van der Waals surface area contributed by atoms with Crippen LogP contribution in [0.3, 0.4) is 0 Å². The maximum absolute atomic E-state index is 12.5. The number of fused-ring (bicyclic) bond motifs is 1. The molecule has 0 bridgehead atoms. The van der Waals surface area contributed by atoms with Gasteiger partial charge in [0.25, 0.3) is 11.7 Å². The van der Waals surface area contributed by atoms with Gasteiger partial charge in [0.1, 0.15) is 0 Å². The lowest BCUT2D eigenvalue weighted by Gasteiger charge is -2.17. The first-order valence-corrected chi connectivity index (χ1v) is 8.87. The Balaban J connectivity index is 1.73. The second-order valence-electron chi connectivity index (χ2n) is 5.79. The first-order chi connectivity index (χ1) is 12.1. The van der Waals surface area contributed by atoms with Gasteiger partial charge in [-0.1, -0.05) is 30.3 Å². The lowest BCUT2D eigenvalue weighted by atomic mass is 10.0. The van der Waals surface area contributed by atoms with Crippen molar-refractivity contribution >= 4 is 40.0 Å². The summed E-state index contributed by atoms with van der Waals surface area (Å²) in [4.78, 5) is 30.6. The van der Waals surface area contributed by atoms with Crippen LogP contribution in [0.15, 0.2) is 67.0 Å². The maximum atomic E-state index is 12.5. The van der Waals surface area contributed by atoms with Gasteiger partial charge < -0.3 is 4.90 Å². The predicted octanol–water partition coefficient (Wildman–Crippen LogP) is 4.08. The van der Waals surface area contributed by atoms with Gasteiger partial charge in [-0.05, 0) is 58.0 Å². The summed E-state index contributed by atoms with van der Waals surface area (Å²) in [5.41, 5.74) is 3.94. The molecule has 122 valence electrons. The van der Waals surface area contributed by atoms with Gasteiger partial charge in [-0.3, -0.25) is 14.6 Å². The predicted molar refractivity (Wildman–Crippen MR) is 104 cm³/mol. The standard InChI is InChI=1S/C20H13IN2O2/c21-17-6-2-1-4-15(17)12-23-18-8-7-13(14-5-3-9-22-11-14)10-16(18)19(24)20(23)25/h1-11H,12H2. The molecule has 0 radical (unpaired) electrons. The van der Waals surface area contributed by atoms with Crippen molar-refractivity contribution in [1.29, 1.82) is 0 Å². The topological polar surface area (TPSA) is 50.3 Å². The van der Waals surface area contributed by atoms with Crippen LogP contribution in [-0.2, 0) is 11.3 Å². The van der Waals surface area contributed by atoms with Crippen molar-refractivity contribution in [1.82, 2.24) is 4.98 Å². The molecule has 25 heavy (non-hydrogen) atoms. The van der Waals surface area contributed by atoms with Crippen molar-refractivity contribution in [2.45, 2.75) is 6.54 Å². The Morgan fingerprint density at radius 1 is 0.960 bits per heavy atom. The monoisotopic (exact) mass is 440 g/mol. The summed E-state index contributed by atoms with van der Waals surface area (Å²) in [6.45, 7) is 0.392. The zero-order chi connectivity index (χ0) is 17.4. The van der Waals surface area contributed by atoms with Gasteiger partial charge in [-0.15, -0.1) is 0 Å². The van der Waals surface area contributed by atoms with E-state index < -0.39 is 11.7 Å². The average molecular weight is 440 g/mol. The molecule has 0 atom stereocenters. The van der Waals surface area contributed by atoms with E-state index in [1.807, 2.05) is 48.5 Å². The highest BCUT2D eigenvalue weighted by atomic mass is 127. The van der Waals surface area contributed by atoms with Gasteiger partial charge in [0, 0.05) is 21.5 Å². The third kappa shape index (κ3) is 2.84. The van der Waals surface area contributed by atoms with Crippen LogP contribution in [0.25, 0.3) is 11.1 Å². The van der Waals surface area contributed by atoms with E-state index in [0.717, 1.165) is 20.3 Å². The van der Waals surface area contributed by atoms with Crippen LogP contribution in [0, 0.1) is 3.57 Å². The lowest BCUT2D eigenvalue weighted by Crippen LogP contribution is -2.29. The van der Waals surface area contributed by atoms with E-state index in [0.29, 0.717) is 17.8 Å². The summed E-state index contributed by atoms with van der Waals surface area (Å²) in [6, 6.07) is 17.2. The second kappa shape index (κ2) is 6.40. The Kier molecular flexibility index (Phi) is 4.09. The summed E-state index contributed by atoms with van der Waals surface area (Å²) in [6.07, 6.45) is 3.45. The van der Waals surface area contributed by atoms with Crippen molar-refractivity contribution in [3.8, 4) is 11.1 Å². The molecule has 0 fully saturated rings. The average Bonchev–Trinajstić information content (AvgIpc) is 2.89. The largest absolute Gasteiger partial charge is 0.300 e. The fourth-order valence-electron chi connectivity index (χ4n) is 2.97. The molecule has 3 aromatic rings. The van der Waals surface area contributed by atoms with E-state index in [-0.39, 0.29) is 0 Å². The molecule has 0 unspecified atom stereocenters. The SMILES string of the molecule is O=C1C(=O)N(Cc2ccccc2I)c2ccc(-c3cccnc3)cc21. The molecule has 1 amide bonds. The molecule has 2 aromatic carbocycles. The number of ketones is 1. The Morgan fingerprint density at radius 2 is 1.80 bits per heavy atom. The van der Waals surface area contributed by atoms with E-state index in [9.17, 15) is 9.59 Å². The first-order valence-electron chi connectivity index (χ1n) is 7.79. The number of aromatic nitrogens is 1. The van der Waals surface area contributed by atoms with E-state index in [1.54, 1.807) is 23.4 Å². The van der Waals surface area contributed by atoms with Crippen LogP contribution in [0.4, 0.5) is 5.69 Å². The van der Waals surface area contributed by atoms with Gasteiger partial charge in [-0.25, -0.2) is 0 Å². The number of carbonyl (C=O) groups is 2. The van der Waals surface area contributed by atoms with Crippen LogP contribution in [0.1, 0.15) is 15.9 Å². The third-order valence-electron chi connectivity index (χ3n) is 4.25. The number of rotatable bonds is 3. The van der Waals surface area contributed by atoms with E-state index in [4.69, 9.17) is 0 Å². The highest BCUT2D eigenvalue weighted by Crippen LogP contribution is 2.34. The number of carbonyl (C=O) groups excluding carboxylic acids is 2. The minimum atomic E-state index is -0.474. The number of hydrogen-bond acceptors (Lipinski definition) is 3. The number of benzene rings is 2. The number of halogens is 1. The van der Waals surface area contributed by atoms with Crippen LogP contribution in [-0.4, -0.2) is 16.7 Å². The third-order valence-corrected chi connectivity index (χ3v) is 5.30. The minimum Gasteiger partial charge on any atom is -0.300 e. The quantitative estimate of drug-likeness (QED) is 0.456. The van der Waals surface area contributed by atoms with E-state index in [1.165, 1.54) is 0 Å². The molecule has 4 nitrogen and oxygen atoms in total. The molecular formula is C20H13IN2O2. The highest BCUT2D eigenvalue weighted by Gasteiger charge is 2.36. The minimum absolute atomic E-state index is 0.392. The lowest BCUT2D eigenvalue weighted by molar-refractivity contribution is -0.114. The van der Waals surface area contributed by atoms with Crippen LogP contribution in [0.5, 0.6) is 0 Å². The second-order valence-corrected chi connectivity index (χ2v) is 6.95. The van der Waals surface area contributed by atoms with Crippen LogP contribution in [0.2, 0.25) is 0 Å². The van der Waals surface area contributed by atoms with Crippen LogP contribution >= 0.6 is 22.6 Å². The Bertz CT molecular complexity index is 986. The number of hydrogen-bond donors (Lipinski definition) is 0. The molecule has 0 saturated heterocycles. The Labute approximate surface area is 158 Å². The number of amides is 1. The molecule has 0 N–H and O–H groups in total. The molecule has 0 spiro atoms. The van der Waals surface area contributed by atoms with Crippen LogP contribution < -0.4 is 4.90 Å².